The van der Waals surface area contributed by atoms with Crippen molar-refractivity contribution in [1.82, 2.24) is 5.32 Å². The molecule has 0 spiro atoms. The topological polar surface area (TPSA) is 125 Å². The van der Waals surface area contributed by atoms with Crippen molar-refractivity contribution in [3.8, 4) is 0 Å². The van der Waals surface area contributed by atoms with Crippen LogP contribution in [0.15, 0.2) is 14.5 Å². The number of thiophene rings is 1. The van der Waals surface area contributed by atoms with Crippen LogP contribution in [0.1, 0.15) is 37.8 Å². The number of nitrogens with two attached hydrogens (primary N) is 1. The number of fused-ring (bicyclic) bond motifs is 1. The van der Waals surface area contributed by atoms with Crippen LogP contribution in [0, 0.1) is 0 Å². The first-order chi connectivity index (χ1) is 12.2. The molecule has 0 amide bonds. The second-order valence-electron chi connectivity index (χ2n) is 6.11. The molecule has 8 nitrogen and oxygen atoms in total. The Labute approximate surface area is 159 Å². The highest BCUT2D eigenvalue weighted by atomic mass is 32.3. The summed E-state index contributed by atoms with van der Waals surface area (Å²) in [5.41, 5.74) is 0.508. The second kappa shape index (κ2) is 9.09. The number of hydrogen-bond donors (Lipinski definition) is 2. The predicted octanol–water partition coefficient (Wildman–Crippen LogP) is 1.04. The summed E-state index contributed by atoms with van der Waals surface area (Å²) < 4.78 is 59.5. The van der Waals surface area contributed by atoms with E-state index in [0.29, 0.717) is 51.2 Å². The van der Waals surface area contributed by atoms with Gasteiger partial charge in [0, 0.05) is 25.3 Å². The van der Waals surface area contributed by atoms with Crippen LogP contribution in [0.2, 0.25) is 0 Å². The quantitative estimate of drug-likeness (QED) is 0.535. The fraction of sp³-hybridized carbons (Fsp3) is 0.733. The van der Waals surface area contributed by atoms with E-state index in [2.05, 4.69) is 5.32 Å². The zero-order chi connectivity index (χ0) is 19.4. The Morgan fingerprint density at radius 1 is 1.35 bits per heavy atom. The van der Waals surface area contributed by atoms with E-state index in [0.717, 1.165) is 11.3 Å². The van der Waals surface area contributed by atoms with E-state index < -0.39 is 25.1 Å². The molecule has 2 atom stereocenters. The van der Waals surface area contributed by atoms with Gasteiger partial charge < -0.3 is 14.8 Å². The summed E-state index contributed by atoms with van der Waals surface area (Å²) >= 11 is 0.744. The molecule has 11 heteroatoms. The molecule has 3 N–H and O–H groups in total. The zero-order valence-corrected chi connectivity index (χ0v) is 17.4. The Bertz CT molecular complexity index is 803. The van der Waals surface area contributed by atoms with E-state index in [1.807, 2.05) is 6.92 Å². The highest BCUT2D eigenvalue weighted by Crippen LogP contribution is 2.43. The first kappa shape index (κ1) is 21.7. The molecule has 0 aliphatic carbocycles. The largest absolute Gasteiger partial charge is 0.382 e. The van der Waals surface area contributed by atoms with Crippen LogP contribution in [0.4, 0.5) is 0 Å². The third kappa shape index (κ3) is 5.03. The van der Waals surface area contributed by atoms with Gasteiger partial charge in [-0.1, -0.05) is 6.92 Å². The fourth-order valence-corrected chi connectivity index (χ4v) is 7.76. The lowest BCUT2D eigenvalue weighted by Crippen LogP contribution is -2.35. The summed E-state index contributed by atoms with van der Waals surface area (Å²) in [6.45, 7) is 4.01. The fourth-order valence-electron chi connectivity index (χ4n) is 3.01. The average Bonchev–Trinajstić information content (AvgIpc) is 3.02. The van der Waals surface area contributed by atoms with Gasteiger partial charge in [0.1, 0.15) is 8.42 Å². The molecule has 1 aromatic heterocycles. The molecule has 150 valence electrons. The number of rotatable bonds is 10. The van der Waals surface area contributed by atoms with E-state index in [9.17, 15) is 16.8 Å². The molecule has 2 heterocycles. The lowest BCUT2D eigenvalue weighted by molar-refractivity contribution is 0.0685. The van der Waals surface area contributed by atoms with Gasteiger partial charge in [-0.15, -0.1) is 11.3 Å². The number of ether oxygens (including phenoxy) is 2. The number of hydrogen-bond acceptors (Lipinski definition) is 8. The highest BCUT2D eigenvalue weighted by Gasteiger charge is 2.41. The molecule has 1 aliphatic heterocycles. The molecule has 26 heavy (non-hydrogen) atoms. The van der Waals surface area contributed by atoms with Crippen LogP contribution in [-0.2, 0) is 29.3 Å². The molecule has 1 aliphatic rings. The van der Waals surface area contributed by atoms with Gasteiger partial charge in [-0.25, -0.2) is 22.0 Å². The van der Waals surface area contributed by atoms with Gasteiger partial charge in [-0.2, -0.15) is 0 Å². The van der Waals surface area contributed by atoms with E-state index in [1.165, 1.54) is 6.07 Å². The second-order valence-corrected chi connectivity index (χ2v) is 11.4. The SMILES string of the molecule is CCN[C@@H]1C[C@@H](CCCOCCOC)S(=O)(=O)c2sc(S(N)(=O)=O)cc21. The first-order valence-electron chi connectivity index (χ1n) is 8.42. The van der Waals surface area contributed by atoms with Crippen LogP contribution >= 0.6 is 11.3 Å². The van der Waals surface area contributed by atoms with E-state index in [1.54, 1.807) is 7.11 Å². The standard InChI is InChI=1S/C15H26N2O6S3/c1-3-17-13-9-11(5-4-6-23-8-7-22-2)25(18,19)15-12(13)10-14(24-15)26(16,20)21/h10-11,13,17H,3-9H2,1-2H3,(H2,16,20,21)/t11-,13-/m1/s1. The summed E-state index contributed by atoms with van der Waals surface area (Å²) in [6, 6.07) is 1.19. The van der Waals surface area contributed by atoms with Gasteiger partial charge in [0.2, 0.25) is 10.0 Å². The Kier molecular flexibility index (Phi) is 7.60. The minimum atomic E-state index is -3.94. The van der Waals surface area contributed by atoms with Crippen molar-refractivity contribution in [3.63, 3.8) is 0 Å². The maximum Gasteiger partial charge on any atom is 0.247 e. The first-order valence-corrected chi connectivity index (χ1v) is 12.3. The Balaban J connectivity index is 2.19. The van der Waals surface area contributed by atoms with Crippen LogP contribution < -0.4 is 10.5 Å². The normalized spacial score (nSPS) is 22.3. The predicted molar refractivity (Wildman–Crippen MR) is 99.6 cm³/mol. The molecule has 2 rings (SSSR count). The van der Waals surface area contributed by atoms with Crippen molar-refractivity contribution in [1.29, 1.82) is 0 Å². The molecule has 0 radical (unpaired) electrons. The van der Waals surface area contributed by atoms with Crippen molar-refractivity contribution in [2.45, 2.75) is 45.9 Å². The number of primary sulfonamides is 1. The Morgan fingerprint density at radius 3 is 2.69 bits per heavy atom. The van der Waals surface area contributed by atoms with Crippen molar-refractivity contribution in [3.05, 3.63) is 11.6 Å². The third-order valence-corrected chi connectivity index (χ3v) is 9.62. The summed E-state index contributed by atoms with van der Waals surface area (Å²) in [7, 11) is -5.94. The molecular formula is C15H26N2O6S3. The summed E-state index contributed by atoms with van der Waals surface area (Å²) in [5.74, 6) is 0. The van der Waals surface area contributed by atoms with Crippen molar-refractivity contribution < 1.29 is 26.3 Å². The van der Waals surface area contributed by atoms with Crippen molar-refractivity contribution >= 4 is 31.2 Å². The molecule has 0 saturated carbocycles. The van der Waals surface area contributed by atoms with Crippen molar-refractivity contribution in [2.24, 2.45) is 5.14 Å². The van der Waals surface area contributed by atoms with Crippen LogP contribution in [0.5, 0.6) is 0 Å². The summed E-state index contributed by atoms with van der Waals surface area (Å²) in [5, 5.41) is 7.87. The number of methoxy groups -OCH3 is 1. The molecular weight excluding hydrogens is 400 g/mol. The van der Waals surface area contributed by atoms with Gasteiger partial charge in [0.25, 0.3) is 0 Å². The van der Waals surface area contributed by atoms with Gasteiger partial charge in [0.05, 0.1) is 18.5 Å². The van der Waals surface area contributed by atoms with Crippen molar-refractivity contribution in [2.75, 3.05) is 33.5 Å². The average molecular weight is 427 g/mol. The molecule has 0 saturated heterocycles. The minimum Gasteiger partial charge on any atom is -0.382 e. The Hall–Kier alpha value is -0.560. The van der Waals surface area contributed by atoms with E-state index >= 15 is 0 Å². The van der Waals surface area contributed by atoms with Gasteiger partial charge >= 0.3 is 0 Å². The monoisotopic (exact) mass is 426 g/mol. The summed E-state index contributed by atoms with van der Waals surface area (Å²) in [4.78, 5) is 0. The maximum absolute atomic E-state index is 12.9. The molecule has 0 unspecified atom stereocenters. The summed E-state index contributed by atoms with van der Waals surface area (Å²) in [6.07, 6.45) is 1.47. The Morgan fingerprint density at radius 2 is 2.08 bits per heavy atom. The highest BCUT2D eigenvalue weighted by molar-refractivity contribution is 7.95. The molecule has 1 aromatic rings. The lowest BCUT2D eigenvalue weighted by atomic mass is 10.0. The molecule has 0 aromatic carbocycles. The van der Waals surface area contributed by atoms with Crippen LogP contribution in [-0.4, -0.2) is 55.6 Å². The van der Waals surface area contributed by atoms with Crippen LogP contribution in [0.3, 0.4) is 0 Å². The molecule has 0 bridgehead atoms. The smallest absolute Gasteiger partial charge is 0.247 e. The van der Waals surface area contributed by atoms with E-state index in [-0.39, 0.29) is 14.5 Å². The lowest BCUT2D eigenvalue weighted by Gasteiger charge is -2.29. The third-order valence-electron chi connectivity index (χ3n) is 4.25. The number of nitrogens with one attached hydrogen (secondary N) is 1. The number of sulfonamides is 1. The molecule has 0 fully saturated rings. The van der Waals surface area contributed by atoms with Gasteiger partial charge in [-0.05, 0) is 31.9 Å². The van der Waals surface area contributed by atoms with E-state index in [4.69, 9.17) is 14.6 Å². The van der Waals surface area contributed by atoms with Gasteiger partial charge in [0.15, 0.2) is 9.84 Å². The number of sulfone groups is 1. The minimum absolute atomic E-state index is 0.113. The maximum atomic E-state index is 12.9. The van der Waals surface area contributed by atoms with Gasteiger partial charge in [-0.3, -0.25) is 0 Å². The van der Waals surface area contributed by atoms with Crippen LogP contribution in [0.25, 0.3) is 0 Å². The zero-order valence-electron chi connectivity index (χ0n) is 14.9.